The van der Waals surface area contributed by atoms with Gasteiger partial charge < -0.3 is 9.47 Å². The van der Waals surface area contributed by atoms with E-state index >= 15 is 0 Å². The summed E-state index contributed by atoms with van der Waals surface area (Å²) in [6.45, 7) is 4.28. The van der Waals surface area contributed by atoms with Crippen LogP contribution in [0.25, 0.3) is 0 Å². The van der Waals surface area contributed by atoms with Crippen LogP contribution in [0.1, 0.15) is 65.2 Å². The number of carbonyl (C=O) groups excluding carboxylic acids is 1. The Morgan fingerprint density at radius 2 is 1.82 bits per heavy atom. The van der Waals surface area contributed by atoms with Gasteiger partial charge >= 0.3 is 5.97 Å². The minimum Gasteiger partial charge on any atom is -0.490 e. The van der Waals surface area contributed by atoms with Gasteiger partial charge in [-0.15, -0.1) is 0 Å². The molecular weight excluding hydrogens is 378 g/mol. The molecule has 1 saturated carbocycles. The largest absolute Gasteiger partial charge is 0.490 e. The smallest absolute Gasteiger partial charge is 0.327 e. The van der Waals surface area contributed by atoms with Gasteiger partial charge in [0.15, 0.2) is 0 Å². The molecule has 1 aromatic rings. The molecule has 1 aromatic carbocycles. The standard InChI is InChI=1S/C21H31NO5S/c1-3-14-21(20(23)26-4-2)15-7-16-22(21)28(24,25)19-12-10-18(11-13-19)27-17-8-5-6-9-17/h10-13,17H,3-9,14-16H2,1-2H3. The highest BCUT2D eigenvalue weighted by Crippen LogP contribution is 2.39. The second-order valence-electron chi connectivity index (χ2n) is 7.68. The number of hydrogen-bond donors (Lipinski definition) is 0. The summed E-state index contributed by atoms with van der Waals surface area (Å²) in [7, 11) is -3.80. The van der Waals surface area contributed by atoms with Crippen LogP contribution in [0, 0.1) is 0 Å². The lowest BCUT2D eigenvalue weighted by atomic mass is 9.92. The van der Waals surface area contributed by atoms with Crippen molar-refractivity contribution >= 4 is 16.0 Å². The molecule has 3 rings (SSSR count). The van der Waals surface area contributed by atoms with Crippen molar-refractivity contribution in [3.05, 3.63) is 24.3 Å². The molecule has 2 aliphatic rings. The zero-order valence-corrected chi connectivity index (χ0v) is 17.7. The number of carbonyl (C=O) groups is 1. The lowest BCUT2D eigenvalue weighted by Crippen LogP contribution is -2.53. The van der Waals surface area contributed by atoms with E-state index in [2.05, 4.69) is 0 Å². The normalized spacial score (nSPS) is 23.8. The summed E-state index contributed by atoms with van der Waals surface area (Å²) in [5.74, 6) is 0.261. The Bertz CT molecular complexity index is 770. The third-order valence-corrected chi connectivity index (χ3v) is 7.74. The van der Waals surface area contributed by atoms with Gasteiger partial charge in [-0.25, -0.2) is 8.42 Å². The van der Waals surface area contributed by atoms with Crippen molar-refractivity contribution in [2.75, 3.05) is 13.2 Å². The predicted molar refractivity (Wildman–Crippen MR) is 107 cm³/mol. The molecule has 1 aliphatic heterocycles. The number of esters is 1. The highest BCUT2D eigenvalue weighted by atomic mass is 32.2. The van der Waals surface area contributed by atoms with Gasteiger partial charge in [-0.3, -0.25) is 4.79 Å². The van der Waals surface area contributed by atoms with Crippen molar-refractivity contribution in [3.63, 3.8) is 0 Å². The van der Waals surface area contributed by atoms with Crippen LogP contribution >= 0.6 is 0 Å². The molecule has 0 radical (unpaired) electrons. The number of hydrogen-bond acceptors (Lipinski definition) is 5. The number of rotatable bonds is 8. The topological polar surface area (TPSA) is 72.9 Å². The van der Waals surface area contributed by atoms with Gasteiger partial charge in [-0.2, -0.15) is 4.31 Å². The molecule has 156 valence electrons. The molecule has 6 nitrogen and oxygen atoms in total. The Labute approximate surface area is 168 Å². The monoisotopic (exact) mass is 409 g/mol. The zero-order chi connectivity index (χ0) is 20.2. The maximum Gasteiger partial charge on any atom is 0.327 e. The maximum atomic E-state index is 13.4. The van der Waals surface area contributed by atoms with Gasteiger partial charge in [0, 0.05) is 6.54 Å². The molecule has 0 spiro atoms. The van der Waals surface area contributed by atoms with E-state index in [1.54, 1.807) is 31.2 Å². The van der Waals surface area contributed by atoms with Crippen LogP contribution in [0.15, 0.2) is 29.2 Å². The van der Waals surface area contributed by atoms with Crippen LogP contribution in [-0.2, 0) is 19.6 Å². The Balaban J connectivity index is 1.84. The molecular formula is C21H31NO5S. The molecule has 0 N–H and O–H groups in total. The molecule has 7 heteroatoms. The summed E-state index contributed by atoms with van der Waals surface area (Å²) in [6.07, 6.45) is 7.01. The molecule has 1 saturated heterocycles. The second-order valence-corrected chi connectivity index (χ2v) is 9.54. The van der Waals surface area contributed by atoms with Crippen molar-refractivity contribution < 1.29 is 22.7 Å². The van der Waals surface area contributed by atoms with E-state index in [1.165, 1.54) is 17.1 Å². The fourth-order valence-corrected chi connectivity index (χ4v) is 6.28. The number of nitrogens with zero attached hydrogens (tertiary/aromatic N) is 1. The fourth-order valence-electron chi connectivity index (χ4n) is 4.45. The quantitative estimate of drug-likeness (QED) is 0.609. The van der Waals surface area contributed by atoms with Gasteiger partial charge in [0.05, 0.1) is 17.6 Å². The first-order valence-electron chi connectivity index (χ1n) is 10.4. The third-order valence-electron chi connectivity index (χ3n) is 5.76. The van der Waals surface area contributed by atoms with E-state index < -0.39 is 21.5 Å². The fraction of sp³-hybridized carbons (Fsp3) is 0.667. The highest BCUT2D eigenvalue weighted by molar-refractivity contribution is 7.89. The number of sulfonamides is 1. The first-order chi connectivity index (χ1) is 13.4. The Morgan fingerprint density at radius 3 is 2.43 bits per heavy atom. The van der Waals surface area contributed by atoms with E-state index in [0.29, 0.717) is 38.0 Å². The van der Waals surface area contributed by atoms with Crippen LogP contribution in [0.2, 0.25) is 0 Å². The van der Waals surface area contributed by atoms with Crippen LogP contribution in [0.4, 0.5) is 0 Å². The molecule has 2 fully saturated rings. The van der Waals surface area contributed by atoms with E-state index in [4.69, 9.17) is 9.47 Å². The van der Waals surface area contributed by atoms with E-state index in [-0.39, 0.29) is 17.6 Å². The van der Waals surface area contributed by atoms with Gasteiger partial charge in [-0.1, -0.05) is 13.3 Å². The van der Waals surface area contributed by atoms with Gasteiger partial charge in [0.2, 0.25) is 10.0 Å². The number of ether oxygens (including phenoxy) is 2. The highest BCUT2D eigenvalue weighted by Gasteiger charge is 2.53. The summed E-state index contributed by atoms with van der Waals surface area (Å²) in [5, 5.41) is 0. The Morgan fingerprint density at radius 1 is 1.14 bits per heavy atom. The van der Waals surface area contributed by atoms with E-state index in [1.807, 2.05) is 6.92 Å². The molecule has 0 bridgehead atoms. The van der Waals surface area contributed by atoms with Crippen molar-refractivity contribution in [3.8, 4) is 5.75 Å². The van der Waals surface area contributed by atoms with Crippen molar-refractivity contribution in [2.24, 2.45) is 0 Å². The second kappa shape index (κ2) is 8.82. The SMILES string of the molecule is CCCC1(C(=O)OCC)CCCN1S(=O)(=O)c1ccc(OC2CCCC2)cc1. The molecule has 28 heavy (non-hydrogen) atoms. The van der Waals surface area contributed by atoms with Gasteiger partial charge in [0.1, 0.15) is 11.3 Å². The molecule has 1 unspecified atom stereocenters. The molecule has 0 aromatic heterocycles. The van der Waals surface area contributed by atoms with Gasteiger partial charge in [0.25, 0.3) is 0 Å². The van der Waals surface area contributed by atoms with E-state index in [0.717, 1.165) is 12.8 Å². The molecule has 1 atom stereocenters. The summed E-state index contributed by atoms with van der Waals surface area (Å²) in [4.78, 5) is 12.9. The Hall–Kier alpha value is -1.60. The zero-order valence-electron chi connectivity index (χ0n) is 16.9. The average Bonchev–Trinajstić information content (AvgIpc) is 3.33. The lowest BCUT2D eigenvalue weighted by molar-refractivity contribution is -0.154. The van der Waals surface area contributed by atoms with Crippen molar-refractivity contribution in [2.45, 2.75) is 81.8 Å². The van der Waals surface area contributed by atoms with Crippen molar-refractivity contribution in [1.29, 1.82) is 0 Å². The molecule has 1 heterocycles. The first-order valence-corrected chi connectivity index (χ1v) is 11.8. The van der Waals surface area contributed by atoms with Crippen molar-refractivity contribution in [1.82, 2.24) is 4.31 Å². The predicted octanol–water partition coefficient (Wildman–Crippen LogP) is 3.89. The van der Waals surface area contributed by atoms with Crippen LogP contribution in [-0.4, -0.2) is 43.5 Å². The minimum absolute atomic E-state index is 0.193. The summed E-state index contributed by atoms with van der Waals surface area (Å²) >= 11 is 0. The molecule has 0 amide bonds. The Kier molecular flexibility index (Phi) is 6.65. The lowest BCUT2D eigenvalue weighted by Gasteiger charge is -2.35. The third kappa shape index (κ3) is 4.06. The first kappa shape index (κ1) is 21.1. The maximum absolute atomic E-state index is 13.4. The summed E-state index contributed by atoms with van der Waals surface area (Å²) < 4.78 is 39.3. The summed E-state index contributed by atoms with van der Waals surface area (Å²) in [5.41, 5.74) is -1.09. The van der Waals surface area contributed by atoms with E-state index in [9.17, 15) is 13.2 Å². The van der Waals surface area contributed by atoms with Crippen LogP contribution in [0.5, 0.6) is 5.75 Å². The van der Waals surface area contributed by atoms with Crippen LogP contribution in [0.3, 0.4) is 0 Å². The number of benzene rings is 1. The van der Waals surface area contributed by atoms with Crippen LogP contribution < -0.4 is 4.74 Å². The van der Waals surface area contributed by atoms with Gasteiger partial charge in [-0.05, 0) is 76.1 Å². The molecule has 1 aliphatic carbocycles. The summed E-state index contributed by atoms with van der Waals surface area (Å²) in [6, 6.07) is 6.60. The minimum atomic E-state index is -3.80. The average molecular weight is 410 g/mol.